The van der Waals surface area contributed by atoms with Crippen LogP contribution in [0.5, 0.6) is 0 Å². The van der Waals surface area contributed by atoms with Gasteiger partial charge in [-0.1, -0.05) is 0 Å². The lowest BCUT2D eigenvalue weighted by Crippen LogP contribution is -2.22. The SMILES string of the molecule is OC[C@H]1COC[C@H](O)CO1. The fourth-order valence-electron chi connectivity index (χ4n) is 0.784. The van der Waals surface area contributed by atoms with Crippen LogP contribution in [0.15, 0.2) is 0 Å². The Morgan fingerprint density at radius 1 is 1.30 bits per heavy atom. The Labute approximate surface area is 59.4 Å². The van der Waals surface area contributed by atoms with E-state index in [0.29, 0.717) is 13.2 Å². The molecule has 0 unspecified atom stereocenters. The monoisotopic (exact) mass is 148 g/mol. The van der Waals surface area contributed by atoms with Gasteiger partial charge in [0.15, 0.2) is 0 Å². The fourth-order valence-corrected chi connectivity index (χ4v) is 0.784. The summed E-state index contributed by atoms with van der Waals surface area (Å²) in [7, 11) is 0. The maximum absolute atomic E-state index is 8.97. The van der Waals surface area contributed by atoms with Crippen LogP contribution in [0.1, 0.15) is 0 Å². The van der Waals surface area contributed by atoms with Crippen molar-refractivity contribution in [1.29, 1.82) is 0 Å². The van der Waals surface area contributed by atoms with Crippen LogP contribution < -0.4 is 0 Å². The van der Waals surface area contributed by atoms with Crippen LogP contribution in [0.2, 0.25) is 0 Å². The van der Waals surface area contributed by atoms with Gasteiger partial charge in [-0.25, -0.2) is 0 Å². The molecule has 0 amide bonds. The van der Waals surface area contributed by atoms with E-state index < -0.39 is 6.10 Å². The van der Waals surface area contributed by atoms with Crippen molar-refractivity contribution < 1.29 is 19.7 Å². The molecule has 1 fully saturated rings. The molecule has 0 radical (unpaired) electrons. The maximum Gasteiger partial charge on any atom is 0.104 e. The molecule has 0 spiro atoms. The summed E-state index contributed by atoms with van der Waals surface area (Å²) in [6.45, 7) is 0.877. The lowest BCUT2D eigenvalue weighted by molar-refractivity contribution is -0.0169. The summed E-state index contributed by atoms with van der Waals surface area (Å²) in [6, 6.07) is 0. The third-order valence-electron chi connectivity index (χ3n) is 1.34. The van der Waals surface area contributed by atoms with E-state index in [4.69, 9.17) is 19.7 Å². The highest BCUT2D eigenvalue weighted by atomic mass is 16.6. The molecule has 1 aliphatic heterocycles. The Kier molecular flexibility index (Phi) is 3.08. The molecule has 0 aromatic rings. The van der Waals surface area contributed by atoms with E-state index in [1.807, 2.05) is 0 Å². The smallest absolute Gasteiger partial charge is 0.104 e. The molecule has 1 aliphatic rings. The minimum absolute atomic E-state index is 0.0489. The normalized spacial score (nSPS) is 35.4. The molecule has 0 aliphatic carbocycles. The zero-order valence-corrected chi connectivity index (χ0v) is 5.69. The first kappa shape index (κ1) is 7.94. The quantitative estimate of drug-likeness (QED) is 0.488. The third-order valence-corrected chi connectivity index (χ3v) is 1.34. The van der Waals surface area contributed by atoms with E-state index in [0.717, 1.165) is 0 Å². The van der Waals surface area contributed by atoms with Gasteiger partial charge in [0.25, 0.3) is 0 Å². The lowest BCUT2D eigenvalue weighted by atomic mass is 10.4. The summed E-state index contributed by atoms with van der Waals surface area (Å²) >= 11 is 0. The van der Waals surface area contributed by atoms with Gasteiger partial charge in [0.2, 0.25) is 0 Å². The highest BCUT2D eigenvalue weighted by Gasteiger charge is 2.16. The molecule has 1 rings (SSSR count). The molecule has 4 heteroatoms. The zero-order chi connectivity index (χ0) is 7.40. The number of rotatable bonds is 1. The molecule has 0 bridgehead atoms. The number of aliphatic hydroxyl groups excluding tert-OH is 2. The summed E-state index contributed by atoms with van der Waals surface area (Å²) in [5.74, 6) is 0. The first-order valence-corrected chi connectivity index (χ1v) is 3.31. The van der Waals surface area contributed by atoms with Gasteiger partial charge in [-0.15, -0.1) is 0 Å². The topological polar surface area (TPSA) is 58.9 Å². The highest BCUT2D eigenvalue weighted by Crippen LogP contribution is 2.00. The summed E-state index contributed by atoms with van der Waals surface area (Å²) < 4.78 is 10.0. The van der Waals surface area contributed by atoms with Crippen molar-refractivity contribution in [2.75, 3.05) is 26.4 Å². The van der Waals surface area contributed by atoms with E-state index in [1.54, 1.807) is 0 Å². The van der Waals surface area contributed by atoms with Crippen LogP contribution in [0.3, 0.4) is 0 Å². The number of hydrogen-bond acceptors (Lipinski definition) is 4. The molecule has 1 heterocycles. The van der Waals surface area contributed by atoms with Crippen molar-refractivity contribution in [2.45, 2.75) is 12.2 Å². The van der Waals surface area contributed by atoms with Crippen molar-refractivity contribution in [3.8, 4) is 0 Å². The first-order chi connectivity index (χ1) is 4.83. The molecule has 60 valence electrons. The van der Waals surface area contributed by atoms with E-state index in [9.17, 15) is 0 Å². The van der Waals surface area contributed by atoms with Crippen LogP contribution in [0.25, 0.3) is 0 Å². The minimum atomic E-state index is -0.545. The van der Waals surface area contributed by atoms with Gasteiger partial charge in [0, 0.05) is 0 Å². The third kappa shape index (κ3) is 2.22. The molecule has 10 heavy (non-hydrogen) atoms. The van der Waals surface area contributed by atoms with Gasteiger partial charge < -0.3 is 19.7 Å². The second-order valence-corrected chi connectivity index (χ2v) is 2.33. The predicted octanol–water partition coefficient (Wildman–Crippen LogP) is -1.24. The lowest BCUT2D eigenvalue weighted by Gasteiger charge is -2.09. The molecule has 0 saturated carbocycles. The average Bonchev–Trinajstić information content (AvgIpc) is 2.14. The molecule has 0 aromatic heterocycles. The Balaban J connectivity index is 2.26. The standard InChI is InChI=1S/C6H12O4/c7-1-6-4-9-2-5(8)3-10-6/h5-8H,1-4H2/t5-,6-/m0/s1. The zero-order valence-electron chi connectivity index (χ0n) is 5.69. The Morgan fingerprint density at radius 3 is 2.80 bits per heavy atom. The number of hydrogen-bond donors (Lipinski definition) is 2. The van der Waals surface area contributed by atoms with Crippen LogP contribution in [-0.4, -0.2) is 48.8 Å². The van der Waals surface area contributed by atoms with E-state index in [1.165, 1.54) is 0 Å². The van der Waals surface area contributed by atoms with Crippen LogP contribution in [0.4, 0.5) is 0 Å². The molecule has 1 saturated heterocycles. The van der Waals surface area contributed by atoms with E-state index in [2.05, 4.69) is 0 Å². The summed E-state index contributed by atoms with van der Waals surface area (Å²) in [5, 5.41) is 17.6. The first-order valence-electron chi connectivity index (χ1n) is 3.31. The summed E-state index contributed by atoms with van der Waals surface area (Å²) in [5.41, 5.74) is 0. The van der Waals surface area contributed by atoms with Crippen molar-refractivity contribution >= 4 is 0 Å². The van der Waals surface area contributed by atoms with Crippen molar-refractivity contribution in [2.24, 2.45) is 0 Å². The van der Waals surface area contributed by atoms with Gasteiger partial charge >= 0.3 is 0 Å². The van der Waals surface area contributed by atoms with Gasteiger partial charge in [0.1, 0.15) is 12.2 Å². The second-order valence-electron chi connectivity index (χ2n) is 2.33. The van der Waals surface area contributed by atoms with Crippen LogP contribution >= 0.6 is 0 Å². The molecule has 0 aromatic carbocycles. The molecule has 4 nitrogen and oxygen atoms in total. The van der Waals surface area contributed by atoms with Crippen molar-refractivity contribution in [3.63, 3.8) is 0 Å². The number of ether oxygens (including phenoxy) is 2. The molecule has 2 N–H and O–H groups in total. The van der Waals surface area contributed by atoms with Gasteiger partial charge in [-0.3, -0.25) is 0 Å². The Bertz CT molecular complexity index is 95.7. The predicted molar refractivity (Wildman–Crippen MR) is 33.7 cm³/mol. The average molecular weight is 148 g/mol. The summed E-state index contributed by atoms with van der Waals surface area (Å²) in [6.07, 6.45) is -0.811. The van der Waals surface area contributed by atoms with Crippen molar-refractivity contribution in [1.82, 2.24) is 0 Å². The molecular weight excluding hydrogens is 136 g/mol. The van der Waals surface area contributed by atoms with Crippen molar-refractivity contribution in [3.05, 3.63) is 0 Å². The summed E-state index contributed by atoms with van der Waals surface area (Å²) in [4.78, 5) is 0. The second kappa shape index (κ2) is 3.88. The minimum Gasteiger partial charge on any atom is -0.394 e. The highest BCUT2D eigenvalue weighted by molar-refractivity contribution is 4.62. The molecule has 2 atom stereocenters. The largest absolute Gasteiger partial charge is 0.394 e. The molecular formula is C6H12O4. The van der Waals surface area contributed by atoms with Crippen LogP contribution in [0, 0.1) is 0 Å². The van der Waals surface area contributed by atoms with Crippen LogP contribution in [-0.2, 0) is 9.47 Å². The van der Waals surface area contributed by atoms with Gasteiger partial charge in [-0.05, 0) is 0 Å². The Hall–Kier alpha value is -0.160. The van der Waals surface area contributed by atoms with E-state index in [-0.39, 0.29) is 19.3 Å². The number of aliphatic hydroxyl groups is 2. The van der Waals surface area contributed by atoms with Gasteiger partial charge in [-0.2, -0.15) is 0 Å². The Morgan fingerprint density at radius 2 is 2.10 bits per heavy atom. The van der Waals surface area contributed by atoms with E-state index >= 15 is 0 Å². The van der Waals surface area contributed by atoms with Gasteiger partial charge in [0.05, 0.1) is 26.4 Å². The maximum atomic E-state index is 8.97. The fraction of sp³-hybridized carbons (Fsp3) is 1.00.